The first-order valence-electron chi connectivity index (χ1n) is 10.5. The summed E-state index contributed by atoms with van der Waals surface area (Å²) in [4.78, 5) is 11.2. The molecule has 0 saturated carbocycles. The Morgan fingerprint density at radius 1 is 1.06 bits per heavy atom. The molecular formula is C24H33F3N2O3S. The van der Waals surface area contributed by atoms with E-state index in [0.29, 0.717) is 5.56 Å². The van der Waals surface area contributed by atoms with Gasteiger partial charge in [-0.1, -0.05) is 33.8 Å². The van der Waals surface area contributed by atoms with Crippen molar-refractivity contribution in [2.75, 3.05) is 0 Å². The van der Waals surface area contributed by atoms with Crippen LogP contribution in [0.25, 0.3) is 0 Å². The van der Waals surface area contributed by atoms with Gasteiger partial charge in [-0.05, 0) is 72.2 Å². The van der Waals surface area contributed by atoms with Crippen LogP contribution < -0.4 is 10.9 Å². The molecule has 184 valence electrons. The van der Waals surface area contributed by atoms with E-state index in [1.54, 1.807) is 13.8 Å². The number of hydrogen-bond acceptors (Lipinski definition) is 3. The highest BCUT2D eigenvalue weighted by Gasteiger charge is 2.20. The Kier molecular flexibility index (Phi) is 10.3. The number of halogens is 3. The van der Waals surface area contributed by atoms with Crippen molar-refractivity contribution in [3.8, 4) is 0 Å². The summed E-state index contributed by atoms with van der Waals surface area (Å²) in [5, 5.41) is 14.6. The molecule has 0 radical (unpaired) electrons. The van der Waals surface area contributed by atoms with Crippen LogP contribution in [0.5, 0.6) is 0 Å². The van der Waals surface area contributed by atoms with Crippen LogP contribution in [0.1, 0.15) is 87.6 Å². The maximum Gasteiger partial charge on any atom is 0.263 e. The van der Waals surface area contributed by atoms with Crippen LogP contribution in [0.15, 0.2) is 35.2 Å². The van der Waals surface area contributed by atoms with Crippen molar-refractivity contribution in [2.45, 2.75) is 76.7 Å². The number of nitrogens with two attached hydrogens (primary N) is 2. The van der Waals surface area contributed by atoms with Crippen LogP contribution in [0.3, 0.4) is 0 Å². The van der Waals surface area contributed by atoms with Gasteiger partial charge in [-0.2, -0.15) is 0 Å². The fourth-order valence-electron chi connectivity index (χ4n) is 3.32. The molecule has 0 aliphatic heterocycles. The molecule has 5 nitrogen and oxygen atoms in total. The zero-order valence-electron chi connectivity index (χ0n) is 19.8. The first-order valence-corrected chi connectivity index (χ1v) is 11.7. The van der Waals surface area contributed by atoms with Gasteiger partial charge < -0.3 is 10.8 Å². The van der Waals surface area contributed by atoms with Crippen LogP contribution in [-0.4, -0.2) is 15.2 Å². The quantitative estimate of drug-likeness (QED) is 0.516. The summed E-state index contributed by atoms with van der Waals surface area (Å²) in [5.74, 6) is -0.949. The molecule has 9 heteroatoms. The van der Waals surface area contributed by atoms with Gasteiger partial charge in [0.15, 0.2) is 0 Å². The second kappa shape index (κ2) is 11.8. The zero-order valence-corrected chi connectivity index (χ0v) is 20.6. The number of benzene rings is 2. The second-order valence-electron chi connectivity index (χ2n) is 8.93. The summed E-state index contributed by atoms with van der Waals surface area (Å²) in [7, 11) is -1.83. The monoisotopic (exact) mass is 486 g/mol. The van der Waals surface area contributed by atoms with Gasteiger partial charge >= 0.3 is 0 Å². The van der Waals surface area contributed by atoms with E-state index in [1.165, 1.54) is 24.3 Å². The summed E-state index contributed by atoms with van der Waals surface area (Å²) in [6, 6.07) is 6.96. The van der Waals surface area contributed by atoms with Crippen molar-refractivity contribution in [1.29, 1.82) is 0 Å². The fraction of sp³-hybridized carbons (Fsp3) is 0.458. The minimum absolute atomic E-state index is 0.0145. The maximum absolute atomic E-state index is 13.2. The number of hydrogen-bond donors (Lipinski definition) is 3. The number of rotatable bonds is 7. The molecule has 1 unspecified atom stereocenters. The van der Waals surface area contributed by atoms with Crippen LogP contribution in [0.4, 0.5) is 13.2 Å². The summed E-state index contributed by atoms with van der Waals surface area (Å²) in [6.07, 6.45) is -2.40. The first-order chi connectivity index (χ1) is 15.1. The van der Waals surface area contributed by atoms with Crippen molar-refractivity contribution < 1.29 is 27.3 Å². The summed E-state index contributed by atoms with van der Waals surface area (Å²) < 4.78 is 50.0. The lowest BCUT2D eigenvalue weighted by Gasteiger charge is -2.20. The molecule has 2 aromatic carbocycles. The van der Waals surface area contributed by atoms with E-state index in [-0.39, 0.29) is 28.7 Å². The molecule has 0 aromatic heterocycles. The molecule has 1 atom stereocenters. The first kappa shape index (κ1) is 28.8. The Morgan fingerprint density at radius 2 is 1.55 bits per heavy atom. The molecule has 0 bridgehead atoms. The van der Waals surface area contributed by atoms with Crippen LogP contribution in [-0.2, 0) is 27.8 Å². The van der Waals surface area contributed by atoms with Crippen molar-refractivity contribution >= 4 is 16.9 Å². The molecule has 1 amide bonds. The van der Waals surface area contributed by atoms with E-state index < -0.39 is 34.7 Å². The molecule has 0 spiro atoms. The van der Waals surface area contributed by atoms with Crippen molar-refractivity contribution in [3.05, 3.63) is 64.0 Å². The van der Waals surface area contributed by atoms with Gasteiger partial charge in [0.1, 0.15) is 16.8 Å². The predicted molar refractivity (Wildman–Crippen MR) is 125 cm³/mol. The van der Waals surface area contributed by atoms with E-state index in [9.17, 15) is 27.3 Å². The van der Waals surface area contributed by atoms with E-state index in [1.807, 2.05) is 27.7 Å². The molecule has 0 aliphatic carbocycles. The summed E-state index contributed by atoms with van der Waals surface area (Å²) >= 11 is 0. The topological polar surface area (TPSA) is 106 Å². The van der Waals surface area contributed by atoms with E-state index in [4.69, 9.17) is 10.9 Å². The molecule has 0 heterocycles. The van der Waals surface area contributed by atoms with Crippen LogP contribution in [0.2, 0.25) is 0 Å². The van der Waals surface area contributed by atoms with Gasteiger partial charge in [0.05, 0.1) is 16.9 Å². The maximum atomic E-state index is 13.2. The van der Waals surface area contributed by atoms with Gasteiger partial charge in [-0.15, -0.1) is 0 Å². The lowest BCUT2D eigenvalue weighted by atomic mass is 9.85. The number of carbonyl (C=O) groups is 1. The van der Waals surface area contributed by atoms with Crippen molar-refractivity contribution in [3.63, 3.8) is 0 Å². The van der Waals surface area contributed by atoms with Crippen LogP contribution in [0, 0.1) is 5.82 Å². The Labute approximate surface area is 196 Å². The SMILES string of the molecule is CC(C)(O)c1ccc(S(N)=O)c(F)c1.CC(C)c1cc(C(F)F)cc(C(C)C)c1CC(N)=O. The number of alkyl halides is 2. The largest absolute Gasteiger partial charge is 0.386 e. The number of aliphatic hydroxyl groups is 1. The highest BCUT2D eigenvalue weighted by atomic mass is 32.2. The average Bonchev–Trinajstić information content (AvgIpc) is 2.66. The second-order valence-corrected chi connectivity index (χ2v) is 9.97. The molecule has 0 fully saturated rings. The van der Waals surface area contributed by atoms with E-state index in [0.717, 1.165) is 22.8 Å². The number of carbonyl (C=O) groups excluding carboxylic acids is 1. The fourth-order valence-corrected chi connectivity index (χ4v) is 3.77. The standard InChI is InChI=1S/C15H21F2NO.C9H12FNO2S/c1-8(2)11-5-10(15(16)17)6-12(9(3)4)13(11)7-14(18)19;1-9(2,12)6-3-4-8(14(11)13)7(10)5-6/h5-6,8-9,15H,7H2,1-4H3,(H2,18,19);3-5,12H,11H2,1-2H3. The minimum atomic E-state index is -2.50. The van der Waals surface area contributed by atoms with Crippen molar-refractivity contribution in [1.82, 2.24) is 0 Å². The summed E-state index contributed by atoms with van der Waals surface area (Å²) in [6.45, 7) is 10.8. The highest BCUT2D eigenvalue weighted by molar-refractivity contribution is 7.82. The zero-order chi connectivity index (χ0) is 25.7. The Morgan fingerprint density at radius 3 is 1.85 bits per heavy atom. The Balaban J connectivity index is 0.000000346. The molecule has 33 heavy (non-hydrogen) atoms. The smallest absolute Gasteiger partial charge is 0.263 e. The lowest BCUT2D eigenvalue weighted by molar-refractivity contribution is -0.117. The van der Waals surface area contributed by atoms with Gasteiger partial charge in [0, 0.05) is 5.56 Å². The van der Waals surface area contributed by atoms with Gasteiger partial charge in [0.2, 0.25) is 5.91 Å². The molecular weight excluding hydrogens is 453 g/mol. The average molecular weight is 487 g/mol. The van der Waals surface area contributed by atoms with Gasteiger partial charge in [-0.25, -0.2) is 22.5 Å². The van der Waals surface area contributed by atoms with Crippen molar-refractivity contribution in [2.24, 2.45) is 10.9 Å². The molecule has 5 N–H and O–H groups in total. The molecule has 0 saturated heterocycles. The van der Waals surface area contributed by atoms with E-state index >= 15 is 0 Å². The van der Waals surface area contributed by atoms with Gasteiger partial charge in [-0.3, -0.25) is 4.79 Å². The molecule has 2 rings (SSSR count). The molecule has 2 aromatic rings. The number of primary amides is 1. The predicted octanol–water partition coefficient (Wildman–Crippen LogP) is 4.93. The normalized spacial score (nSPS) is 12.7. The summed E-state index contributed by atoms with van der Waals surface area (Å²) in [5.41, 5.74) is 6.98. The van der Waals surface area contributed by atoms with E-state index in [2.05, 4.69) is 0 Å². The Bertz CT molecular complexity index is 974. The minimum Gasteiger partial charge on any atom is -0.386 e. The third-order valence-electron chi connectivity index (χ3n) is 5.04. The molecule has 0 aliphatic rings. The number of amides is 1. The highest BCUT2D eigenvalue weighted by Crippen LogP contribution is 2.33. The Hall–Kier alpha value is -2.23. The third-order valence-corrected chi connectivity index (χ3v) is 5.81. The third kappa shape index (κ3) is 8.24. The lowest BCUT2D eigenvalue weighted by Crippen LogP contribution is -2.17. The van der Waals surface area contributed by atoms with Crippen LogP contribution >= 0.6 is 0 Å². The van der Waals surface area contributed by atoms with Gasteiger partial charge in [0.25, 0.3) is 6.43 Å².